The van der Waals surface area contributed by atoms with Crippen molar-refractivity contribution in [3.63, 3.8) is 0 Å². The molecule has 216 valence electrons. The fraction of sp³-hybridized carbons (Fsp3) is 0.452. The van der Waals surface area contributed by atoms with Crippen LogP contribution in [0.1, 0.15) is 37.7 Å². The maximum atomic E-state index is 14.9. The van der Waals surface area contributed by atoms with Crippen molar-refractivity contribution in [2.45, 2.75) is 55.9 Å². The van der Waals surface area contributed by atoms with E-state index in [2.05, 4.69) is 26.2 Å². The summed E-state index contributed by atoms with van der Waals surface area (Å²) in [5, 5.41) is 19.6. The van der Waals surface area contributed by atoms with Gasteiger partial charge in [0.15, 0.2) is 5.82 Å². The fourth-order valence-electron chi connectivity index (χ4n) is 7.62. The van der Waals surface area contributed by atoms with Gasteiger partial charge >= 0.3 is 6.01 Å². The zero-order chi connectivity index (χ0) is 28.6. The van der Waals surface area contributed by atoms with E-state index in [-0.39, 0.29) is 29.5 Å². The van der Waals surface area contributed by atoms with Crippen molar-refractivity contribution in [3.8, 4) is 35.4 Å². The molecule has 4 aromatic rings. The summed E-state index contributed by atoms with van der Waals surface area (Å²) in [5.41, 5.74) is 1.12. The summed E-state index contributed by atoms with van der Waals surface area (Å²) in [7, 11) is 0. The van der Waals surface area contributed by atoms with Gasteiger partial charge in [0.2, 0.25) is 5.58 Å². The van der Waals surface area contributed by atoms with Gasteiger partial charge in [-0.1, -0.05) is 17.1 Å². The van der Waals surface area contributed by atoms with Crippen molar-refractivity contribution in [1.82, 2.24) is 25.3 Å². The number of fused-ring (bicyclic) bond motifs is 5. The zero-order valence-electron chi connectivity index (χ0n) is 22.9. The van der Waals surface area contributed by atoms with Crippen LogP contribution < -0.4 is 15.0 Å². The van der Waals surface area contributed by atoms with E-state index >= 15 is 0 Å². The molecule has 42 heavy (non-hydrogen) atoms. The molecule has 0 radical (unpaired) electrons. The number of hydrogen-bond acceptors (Lipinski definition) is 9. The Bertz CT molecular complexity index is 1760. The number of hydrogen-bond donors (Lipinski definition) is 2. The third kappa shape index (κ3) is 4.00. The number of alkyl halides is 1. The molecule has 3 unspecified atom stereocenters. The van der Waals surface area contributed by atoms with Crippen LogP contribution in [-0.2, 0) is 0 Å². The third-order valence-corrected chi connectivity index (χ3v) is 9.48. The standard InChI is InChI=1S/C31H30F2N6O3/c1-2-22-24(33)7-4-17-10-21(40)11-23(25(17)22)26-27-28(42-37-26)29(38-14-19-5-6-20(15-38)34-19)36-30(35-27)41-16-31-8-3-9-39(31)13-18(32)12-31/h1,4,7,10-11,18-20,34,40H,3,5-6,8-9,12-16H2/t18?,19?,20?,31-/m0/s1. The quantitative estimate of drug-likeness (QED) is 0.342. The summed E-state index contributed by atoms with van der Waals surface area (Å²) in [6.45, 7) is 3.02. The van der Waals surface area contributed by atoms with Crippen molar-refractivity contribution in [2.75, 3.05) is 37.7 Å². The van der Waals surface area contributed by atoms with E-state index in [1.54, 1.807) is 6.07 Å². The predicted molar refractivity (Wildman–Crippen MR) is 153 cm³/mol. The lowest BCUT2D eigenvalue weighted by molar-refractivity contribution is 0.107. The number of phenols is 1. The molecule has 2 bridgehead atoms. The topological polar surface area (TPSA) is 99.8 Å². The lowest BCUT2D eigenvalue weighted by atomic mass is 9.95. The van der Waals surface area contributed by atoms with Crippen LogP contribution in [0, 0.1) is 18.2 Å². The summed E-state index contributed by atoms with van der Waals surface area (Å²) >= 11 is 0. The van der Waals surface area contributed by atoms with Crippen LogP contribution in [0.4, 0.5) is 14.6 Å². The van der Waals surface area contributed by atoms with Crippen molar-refractivity contribution >= 4 is 27.7 Å². The molecule has 8 rings (SSSR count). The number of ether oxygens (including phenoxy) is 1. The average Bonchev–Trinajstić information content (AvgIpc) is 3.73. The molecule has 0 spiro atoms. The maximum Gasteiger partial charge on any atom is 0.319 e. The molecule has 2 aromatic heterocycles. The molecule has 4 aliphatic heterocycles. The Kier molecular flexibility index (Phi) is 5.81. The van der Waals surface area contributed by atoms with Gasteiger partial charge in [0, 0.05) is 49.1 Å². The highest BCUT2D eigenvalue weighted by Gasteiger charge is 2.49. The predicted octanol–water partition coefficient (Wildman–Crippen LogP) is 4.16. The molecule has 0 saturated carbocycles. The summed E-state index contributed by atoms with van der Waals surface area (Å²) in [4.78, 5) is 13.9. The summed E-state index contributed by atoms with van der Waals surface area (Å²) in [5.74, 6) is 2.43. The second-order valence-corrected chi connectivity index (χ2v) is 12.1. The Morgan fingerprint density at radius 2 is 2.02 bits per heavy atom. The van der Waals surface area contributed by atoms with Crippen molar-refractivity contribution in [1.29, 1.82) is 0 Å². The van der Waals surface area contributed by atoms with E-state index in [1.807, 2.05) is 0 Å². The number of nitrogens with zero attached hydrogens (tertiary/aromatic N) is 5. The Morgan fingerprint density at radius 3 is 2.83 bits per heavy atom. The second kappa shape index (κ2) is 9.51. The Balaban J connectivity index is 1.28. The lowest BCUT2D eigenvalue weighted by Gasteiger charge is -2.33. The number of terminal acetylenes is 1. The van der Waals surface area contributed by atoms with Gasteiger partial charge in [-0.25, -0.2) is 8.78 Å². The molecule has 6 heterocycles. The van der Waals surface area contributed by atoms with Crippen molar-refractivity contribution in [2.24, 2.45) is 0 Å². The van der Waals surface area contributed by atoms with E-state index in [0.29, 0.717) is 64.0 Å². The summed E-state index contributed by atoms with van der Waals surface area (Å²) in [6.07, 6.45) is 9.31. The van der Waals surface area contributed by atoms with Gasteiger partial charge in [0.25, 0.3) is 0 Å². The SMILES string of the molecule is C#Cc1c(F)ccc2cc(O)cc(-c3noc4c(N5CC6CCC(C5)N6)nc(OC[C@@]56CCCN5CC(F)C6)nc34)c12. The normalized spacial score (nSPS) is 27.2. The smallest absolute Gasteiger partial charge is 0.319 e. The molecule has 11 heteroatoms. The monoisotopic (exact) mass is 572 g/mol. The van der Waals surface area contributed by atoms with E-state index in [0.717, 1.165) is 45.3 Å². The first kappa shape index (κ1) is 25.7. The van der Waals surface area contributed by atoms with Gasteiger partial charge in [-0.15, -0.1) is 6.42 Å². The number of piperazine rings is 1. The largest absolute Gasteiger partial charge is 0.508 e. The molecule has 4 aliphatic rings. The van der Waals surface area contributed by atoms with Crippen LogP contribution in [-0.4, -0.2) is 81.7 Å². The molecule has 2 aromatic carbocycles. The van der Waals surface area contributed by atoms with Gasteiger partial charge in [-0.2, -0.15) is 9.97 Å². The molecule has 0 amide bonds. The zero-order valence-corrected chi connectivity index (χ0v) is 22.9. The van der Waals surface area contributed by atoms with Gasteiger partial charge in [0.05, 0.1) is 11.1 Å². The average molecular weight is 573 g/mol. The van der Waals surface area contributed by atoms with Crippen LogP contribution in [0.25, 0.3) is 33.1 Å². The highest BCUT2D eigenvalue weighted by Crippen LogP contribution is 2.42. The first-order valence-corrected chi connectivity index (χ1v) is 14.5. The van der Waals surface area contributed by atoms with Crippen molar-refractivity contribution in [3.05, 3.63) is 35.6 Å². The highest BCUT2D eigenvalue weighted by molar-refractivity contribution is 6.06. The number of aromatic nitrogens is 3. The van der Waals surface area contributed by atoms with Gasteiger partial charge in [-0.3, -0.25) is 4.90 Å². The van der Waals surface area contributed by atoms with Crippen LogP contribution in [0.15, 0.2) is 28.8 Å². The number of phenolic OH excluding ortho intramolecular Hbond substituents is 1. The number of anilines is 1. The molecule has 4 saturated heterocycles. The Hall–Kier alpha value is -4.01. The molecule has 0 aliphatic carbocycles. The molecular formula is C31H30F2N6O3. The molecule has 4 atom stereocenters. The number of benzene rings is 2. The van der Waals surface area contributed by atoms with Crippen LogP contribution in [0.5, 0.6) is 11.8 Å². The minimum absolute atomic E-state index is 0.0323. The number of rotatable bonds is 5. The third-order valence-electron chi connectivity index (χ3n) is 9.48. The molecular weight excluding hydrogens is 542 g/mol. The number of nitrogens with one attached hydrogen (secondary N) is 1. The van der Waals surface area contributed by atoms with E-state index in [9.17, 15) is 13.9 Å². The van der Waals surface area contributed by atoms with E-state index < -0.39 is 12.0 Å². The summed E-state index contributed by atoms with van der Waals surface area (Å²) in [6, 6.07) is 6.68. The highest BCUT2D eigenvalue weighted by atomic mass is 19.1. The minimum Gasteiger partial charge on any atom is -0.508 e. The van der Waals surface area contributed by atoms with Gasteiger partial charge in [-0.05, 0) is 55.8 Å². The first-order valence-electron chi connectivity index (χ1n) is 14.5. The summed E-state index contributed by atoms with van der Waals surface area (Å²) < 4.78 is 41.5. The minimum atomic E-state index is -0.876. The fourth-order valence-corrected chi connectivity index (χ4v) is 7.62. The van der Waals surface area contributed by atoms with Gasteiger partial charge in [0.1, 0.15) is 35.6 Å². The first-order chi connectivity index (χ1) is 20.4. The lowest BCUT2D eigenvalue weighted by Crippen LogP contribution is -2.51. The van der Waals surface area contributed by atoms with E-state index in [4.69, 9.17) is 25.7 Å². The second-order valence-electron chi connectivity index (χ2n) is 12.1. The molecule has 2 N–H and O–H groups in total. The number of aromatic hydroxyl groups is 1. The van der Waals surface area contributed by atoms with E-state index in [1.165, 1.54) is 18.2 Å². The van der Waals surface area contributed by atoms with Gasteiger partial charge < -0.3 is 24.6 Å². The van der Waals surface area contributed by atoms with Crippen LogP contribution in [0.2, 0.25) is 0 Å². The Morgan fingerprint density at radius 1 is 1.19 bits per heavy atom. The van der Waals surface area contributed by atoms with Crippen molar-refractivity contribution < 1.29 is 23.1 Å². The van der Waals surface area contributed by atoms with Crippen LogP contribution in [0.3, 0.4) is 0 Å². The number of halogens is 2. The molecule has 9 nitrogen and oxygen atoms in total. The maximum absolute atomic E-state index is 14.9. The van der Waals surface area contributed by atoms with Crippen LogP contribution >= 0.6 is 0 Å². The Labute approximate surface area is 240 Å². The molecule has 4 fully saturated rings.